The van der Waals surface area contributed by atoms with Gasteiger partial charge in [-0.25, -0.2) is 0 Å². The summed E-state index contributed by atoms with van der Waals surface area (Å²) in [6, 6.07) is 10.1. The van der Waals surface area contributed by atoms with Crippen LogP contribution in [0.4, 0.5) is 5.00 Å². The van der Waals surface area contributed by atoms with Crippen LogP contribution in [-0.4, -0.2) is 5.78 Å². The molecule has 2 aromatic rings. The van der Waals surface area contributed by atoms with Crippen molar-refractivity contribution in [3.63, 3.8) is 0 Å². The quantitative estimate of drug-likeness (QED) is 0.825. The average molecular weight is 287 g/mol. The molecule has 0 atom stereocenters. The molecule has 0 bridgehead atoms. The predicted molar refractivity (Wildman–Crippen MR) is 87.3 cm³/mol. The fraction of sp³-hybridized carbons (Fsp3) is 0.353. The lowest BCUT2D eigenvalue weighted by Crippen LogP contribution is -2.21. The van der Waals surface area contributed by atoms with Crippen LogP contribution in [0, 0.1) is 5.41 Å². The number of rotatable bonds is 3. The van der Waals surface area contributed by atoms with Crippen LogP contribution in [0.5, 0.6) is 0 Å². The standard InChI is InChI=1S/C17H21NOS/c1-5-12-13(15(19)17(2,3)4)16(18)20-14(12)11-9-7-6-8-10-11/h6-10H,5,18H2,1-4H3. The zero-order valence-electron chi connectivity index (χ0n) is 12.5. The summed E-state index contributed by atoms with van der Waals surface area (Å²) < 4.78 is 0. The van der Waals surface area contributed by atoms with Crippen molar-refractivity contribution in [1.29, 1.82) is 0 Å². The lowest BCUT2D eigenvalue weighted by Gasteiger charge is -2.17. The van der Waals surface area contributed by atoms with Crippen molar-refractivity contribution in [3.8, 4) is 10.4 Å². The summed E-state index contributed by atoms with van der Waals surface area (Å²) in [6.45, 7) is 7.89. The van der Waals surface area contributed by atoms with Crippen LogP contribution in [0.25, 0.3) is 10.4 Å². The second-order valence-corrected chi connectivity index (χ2v) is 7.00. The van der Waals surface area contributed by atoms with Crippen LogP contribution in [0.3, 0.4) is 0 Å². The first-order valence-electron chi connectivity index (χ1n) is 6.87. The monoisotopic (exact) mass is 287 g/mol. The first-order chi connectivity index (χ1) is 9.36. The van der Waals surface area contributed by atoms with E-state index < -0.39 is 5.41 Å². The molecule has 1 aromatic carbocycles. The molecular formula is C17H21NOS. The largest absolute Gasteiger partial charge is 0.390 e. The molecule has 0 aliphatic carbocycles. The van der Waals surface area contributed by atoms with E-state index in [2.05, 4.69) is 19.1 Å². The smallest absolute Gasteiger partial charge is 0.171 e. The van der Waals surface area contributed by atoms with Gasteiger partial charge in [-0.15, -0.1) is 11.3 Å². The number of hydrogen-bond acceptors (Lipinski definition) is 3. The highest BCUT2D eigenvalue weighted by atomic mass is 32.1. The molecule has 106 valence electrons. The number of hydrogen-bond donors (Lipinski definition) is 1. The Morgan fingerprint density at radius 3 is 2.30 bits per heavy atom. The van der Waals surface area contributed by atoms with Crippen molar-refractivity contribution in [2.24, 2.45) is 5.41 Å². The summed E-state index contributed by atoms with van der Waals surface area (Å²) in [4.78, 5) is 13.8. The van der Waals surface area contributed by atoms with Gasteiger partial charge in [0.05, 0.1) is 10.6 Å². The van der Waals surface area contributed by atoms with Gasteiger partial charge in [0, 0.05) is 10.3 Å². The lowest BCUT2D eigenvalue weighted by molar-refractivity contribution is 0.0859. The second-order valence-electron chi connectivity index (χ2n) is 5.95. The van der Waals surface area contributed by atoms with Gasteiger partial charge in [0.2, 0.25) is 0 Å². The Morgan fingerprint density at radius 1 is 1.20 bits per heavy atom. The molecule has 0 unspecified atom stereocenters. The molecule has 2 nitrogen and oxygen atoms in total. The normalized spacial score (nSPS) is 11.6. The molecule has 0 saturated heterocycles. The van der Waals surface area contributed by atoms with E-state index in [-0.39, 0.29) is 5.78 Å². The van der Waals surface area contributed by atoms with Gasteiger partial charge in [-0.1, -0.05) is 58.0 Å². The number of Topliss-reactive ketones (excluding diaryl/α,β-unsaturated/α-hetero) is 1. The number of ketones is 1. The van der Waals surface area contributed by atoms with Crippen LogP contribution in [0.1, 0.15) is 43.6 Å². The average Bonchev–Trinajstić information content (AvgIpc) is 2.74. The predicted octanol–water partition coefficient (Wildman–Crippen LogP) is 4.79. The van der Waals surface area contributed by atoms with E-state index in [1.165, 1.54) is 11.3 Å². The number of carbonyl (C=O) groups is 1. The highest BCUT2D eigenvalue weighted by molar-refractivity contribution is 7.20. The number of thiophene rings is 1. The van der Waals surface area contributed by atoms with E-state index >= 15 is 0 Å². The zero-order chi connectivity index (χ0) is 14.9. The summed E-state index contributed by atoms with van der Waals surface area (Å²) in [5.74, 6) is 0.130. The summed E-state index contributed by atoms with van der Waals surface area (Å²) >= 11 is 1.52. The molecule has 1 heterocycles. The number of anilines is 1. The molecule has 0 spiro atoms. The van der Waals surface area contributed by atoms with Gasteiger partial charge < -0.3 is 5.73 Å². The van der Waals surface area contributed by atoms with E-state index in [4.69, 9.17) is 5.73 Å². The Labute approximate surface area is 124 Å². The highest BCUT2D eigenvalue weighted by Crippen LogP contribution is 2.41. The lowest BCUT2D eigenvalue weighted by atomic mass is 9.84. The van der Waals surface area contributed by atoms with E-state index in [1.54, 1.807) is 0 Å². The van der Waals surface area contributed by atoms with Crippen molar-refractivity contribution in [1.82, 2.24) is 0 Å². The molecule has 2 N–H and O–H groups in total. The first-order valence-corrected chi connectivity index (χ1v) is 7.69. The molecule has 0 fully saturated rings. The summed E-state index contributed by atoms with van der Waals surface area (Å²) in [7, 11) is 0. The molecule has 0 radical (unpaired) electrons. The van der Waals surface area contributed by atoms with Gasteiger partial charge in [-0.3, -0.25) is 4.79 Å². The molecule has 0 aliphatic rings. The van der Waals surface area contributed by atoms with E-state index in [1.807, 2.05) is 39.0 Å². The third-order valence-corrected chi connectivity index (χ3v) is 4.44. The minimum atomic E-state index is -0.410. The molecule has 3 heteroatoms. The van der Waals surface area contributed by atoms with Gasteiger partial charge >= 0.3 is 0 Å². The molecule has 0 aliphatic heterocycles. The molecule has 1 aromatic heterocycles. The number of nitrogen functional groups attached to an aromatic ring is 1. The topological polar surface area (TPSA) is 43.1 Å². The maximum atomic E-state index is 12.6. The van der Waals surface area contributed by atoms with Crippen molar-refractivity contribution >= 4 is 22.1 Å². The van der Waals surface area contributed by atoms with Crippen molar-refractivity contribution in [2.45, 2.75) is 34.1 Å². The SMILES string of the molecule is CCc1c(-c2ccccc2)sc(N)c1C(=O)C(C)(C)C. The number of nitrogens with two attached hydrogens (primary N) is 1. The highest BCUT2D eigenvalue weighted by Gasteiger charge is 2.29. The van der Waals surface area contributed by atoms with Gasteiger partial charge in [0.15, 0.2) is 5.78 Å². The van der Waals surface area contributed by atoms with Crippen LogP contribution < -0.4 is 5.73 Å². The minimum absolute atomic E-state index is 0.130. The van der Waals surface area contributed by atoms with E-state index in [0.29, 0.717) is 5.00 Å². The van der Waals surface area contributed by atoms with Crippen LogP contribution >= 0.6 is 11.3 Å². The second kappa shape index (κ2) is 5.41. The van der Waals surface area contributed by atoms with Crippen molar-refractivity contribution < 1.29 is 4.79 Å². The number of carbonyl (C=O) groups excluding carboxylic acids is 1. The third-order valence-electron chi connectivity index (χ3n) is 3.33. The zero-order valence-corrected chi connectivity index (χ0v) is 13.3. The van der Waals surface area contributed by atoms with Crippen LogP contribution in [0.15, 0.2) is 30.3 Å². The Hall–Kier alpha value is -1.61. The maximum absolute atomic E-state index is 12.6. The Balaban J connectivity index is 2.62. The minimum Gasteiger partial charge on any atom is -0.390 e. The van der Waals surface area contributed by atoms with Crippen molar-refractivity contribution in [3.05, 3.63) is 41.5 Å². The Bertz CT molecular complexity index is 620. The van der Waals surface area contributed by atoms with E-state index in [9.17, 15) is 4.79 Å². The van der Waals surface area contributed by atoms with Gasteiger partial charge in [0.25, 0.3) is 0 Å². The molecule has 0 amide bonds. The summed E-state index contributed by atoms with van der Waals surface area (Å²) in [5, 5.41) is 0.639. The Morgan fingerprint density at radius 2 is 1.80 bits per heavy atom. The first kappa shape index (κ1) is 14.8. The van der Waals surface area contributed by atoms with Gasteiger partial charge in [-0.2, -0.15) is 0 Å². The third kappa shape index (κ3) is 2.63. The van der Waals surface area contributed by atoms with Crippen LogP contribution in [0.2, 0.25) is 0 Å². The molecular weight excluding hydrogens is 266 g/mol. The van der Waals surface area contributed by atoms with Crippen molar-refractivity contribution in [2.75, 3.05) is 5.73 Å². The Kier molecular flexibility index (Phi) is 4.00. The summed E-state index contributed by atoms with van der Waals surface area (Å²) in [6.07, 6.45) is 0.815. The summed E-state index contributed by atoms with van der Waals surface area (Å²) in [5.41, 5.74) is 8.68. The molecule has 2 rings (SSSR count). The number of benzene rings is 1. The fourth-order valence-electron chi connectivity index (χ4n) is 2.27. The van der Waals surface area contributed by atoms with E-state index in [0.717, 1.165) is 28.0 Å². The van der Waals surface area contributed by atoms with Gasteiger partial charge in [-0.05, 0) is 17.5 Å². The fourth-order valence-corrected chi connectivity index (χ4v) is 3.43. The van der Waals surface area contributed by atoms with Crippen LogP contribution in [-0.2, 0) is 6.42 Å². The van der Waals surface area contributed by atoms with Gasteiger partial charge in [0.1, 0.15) is 0 Å². The molecule has 20 heavy (non-hydrogen) atoms. The molecule has 0 saturated carbocycles. The maximum Gasteiger partial charge on any atom is 0.171 e.